The van der Waals surface area contributed by atoms with E-state index in [4.69, 9.17) is 11.6 Å². The average Bonchev–Trinajstić information content (AvgIpc) is 2.54. The predicted octanol–water partition coefficient (Wildman–Crippen LogP) is 3.91. The van der Waals surface area contributed by atoms with Crippen molar-refractivity contribution in [2.45, 2.75) is 17.8 Å². The van der Waals surface area contributed by atoms with E-state index in [0.29, 0.717) is 5.56 Å². The molecule has 0 radical (unpaired) electrons. The Morgan fingerprint density at radius 2 is 1.74 bits per heavy atom. The highest BCUT2D eigenvalue weighted by Gasteiger charge is 2.31. The molecule has 0 fully saturated rings. The van der Waals surface area contributed by atoms with Crippen molar-refractivity contribution >= 4 is 27.3 Å². The van der Waals surface area contributed by atoms with Crippen LogP contribution in [0.5, 0.6) is 5.75 Å². The molecule has 0 heterocycles. The van der Waals surface area contributed by atoms with Crippen molar-refractivity contribution in [1.29, 1.82) is 0 Å². The van der Waals surface area contributed by atoms with Gasteiger partial charge >= 0.3 is 6.36 Å². The molecule has 0 spiro atoms. The number of hydrogen-bond donors (Lipinski definition) is 0. The van der Waals surface area contributed by atoms with Crippen LogP contribution in [0.3, 0.4) is 0 Å². The van der Waals surface area contributed by atoms with Crippen LogP contribution in [0.4, 0.5) is 13.2 Å². The topological polar surface area (TPSA) is 63.7 Å². The Labute approximate surface area is 159 Å². The van der Waals surface area contributed by atoms with Crippen LogP contribution in [0.15, 0.2) is 47.4 Å². The molecule has 0 saturated carbocycles. The molecule has 0 atom stereocenters. The first kappa shape index (κ1) is 21.0. The zero-order valence-corrected chi connectivity index (χ0v) is 15.8. The number of hydrogen-bond acceptors (Lipinski definition) is 4. The molecule has 0 aromatic heterocycles. The molecule has 0 N–H and O–H groups in total. The van der Waals surface area contributed by atoms with E-state index in [9.17, 15) is 26.4 Å². The van der Waals surface area contributed by atoms with E-state index in [1.54, 1.807) is 0 Å². The van der Waals surface area contributed by atoms with Gasteiger partial charge in [0, 0.05) is 25.4 Å². The van der Waals surface area contributed by atoms with Crippen LogP contribution in [0.2, 0.25) is 5.02 Å². The monoisotopic (exact) mass is 421 g/mol. The largest absolute Gasteiger partial charge is 0.573 e. The van der Waals surface area contributed by atoms with Gasteiger partial charge in [0.15, 0.2) is 9.84 Å². The number of amides is 1. The third kappa shape index (κ3) is 5.86. The first-order valence-electron chi connectivity index (χ1n) is 7.46. The summed E-state index contributed by atoms with van der Waals surface area (Å²) < 4.78 is 63.7. The van der Waals surface area contributed by atoms with Crippen molar-refractivity contribution < 1.29 is 31.1 Å². The van der Waals surface area contributed by atoms with Crippen LogP contribution in [0, 0.1) is 0 Å². The van der Waals surface area contributed by atoms with E-state index >= 15 is 0 Å². The minimum atomic E-state index is -4.78. The van der Waals surface area contributed by atoms with Gasteiger partial charge in [-0.05, 0) is 35.9 Å². The average molecular weight is 422 g/mol. The zero-order valence-electron chi connectivity index (χ0n) is 14.2. The zero-order chi connectivity index (χ0) is 20.4. The van der Waals surface area contributed by atoms with Crippen molar-refractivity contribution in [3.63, 3.8) is 0 Å². The SMILES string of the molecule is CN(Cc1ccc(OC(F)(F)F)cc1)C(=O)c1ccc(Cl)c(S(C)(=O)=O)c1. The number of nitrogens with zero attached hydrogens (tertiary/aromatic N) is 1. The summed E-state index contributed by atoms with van der Waals surface area (Å²) in [4.78, 5) is 13.7. The maximum Gasteiger partial charge on any atom is 0.573 e. The molecule has 27 heavy (non-hydrogen) atoms. The van der Waals surface area contributed by atoms with Gasteiger partial charge in [0.1, 0.15) is 5.75 Å². The second kappa shape index (κ2) is 7.77. The van der Waals surface area contributed by atoms with Gasteiger partial charge < -0.3 is 9.64 Å². The Morgan fingerprint density at radius 1 is 1.15 bits per heavy atom. The molecule has 0 aliphatic heterocycles. The quantitative estimate of drug-likeness (QED) is 0.734. The second-order valence-corrected chi connectivity index (χ2v) is 8.16. The molecular formula is C17H15ClF3NO4S. The number of benzene rings is 2. The molecule has 0 unspecified atom stereocenters. The lowest BCUT2D eigenvalue weighted by molar-refractivity contribution is -0.274. The van der Waals surface area contributed by atoms with Gasteiger partial charge in [0.05, 0.1) is 9.92 Å². The van der Waals surface area contributed by atoms with Crippen LogP contribution in [-0.4, -0.2) is 38.9 Å². The van der Waals surface area contributed by atoms with Crippen LogP contribution in [0.25, 0.3) is 0 Å². The number of sulfone groups is 1. The van der Waals surface area contributed by atoms with E-state index in [2.05, 4.69) is 4.74 Å². The fourth-order valence-corrected chi connectivity index (χ4v) is 3.58. The Hall–Kier alpha value is -2.26. The molecule has 0 saturated heterocycles. The van der Waals surface area contributed by atoms with E-state index in [0.717, 1.165) is 18.4 Å². The van der Waals surface area contributed by atoms with Gasteiger partial charge in [-0.1, -0.05) is 23.7 Å². The fraction of sp³-hybridized carbons (Fsp3) is 0.235. The number of carbonyl (C=O) groups is 1. The molecule has 2 aromatic carbocycles. The first-order chi connectivity index (χ1) is 12.4. The van der Waals surface area contributed by atoms with Crippen molar-refractivity contribution in [3.8, 4) is 5.75 Å². The maximum atomic E-state index is 12.5. The van der Waals surface area contributed by atoms with Gasteiger partial charge in [-0.2, -0.15) is 0 Å². The summed E-state index contributed by atoms with van der Waals surface area (Å²) in [6.07, 6.45) is -3.79. The van der Waals surface area contributed by atoms with Crippen molar-refractivity contribution in [2.75, 3.05) is 13.3 Å². The molecule has 0 bridgehead atoms. The molecule has 2 aromatic rings. The van der Waals surface area contributed by atoms with Crippen LogP contribution in [0.1, 0.15) is 15.9 Å². The Kier molecular flexibility index (Phi) is 6.06. The van der Waals surface area contributed by atoms with Crippen LogP contribution >= 0.6 is 11.6 Å². The highest BCUT2D eigenvalue weighted by molar-refractivity contribution is 7.90. The lowest BCUT2D eigenvalue weighted by atomic mass is 10.1. The maximum absolute atomic E-state index is 12.5. The third-order valence-electron chi connectivity index (χ3n) is 3.50. The number of ether oxygens (including phenoxy) is 1. The summed E-state index contributed by atoms with van der Waals surface area (Å²) in [6.45, 7) is 0.0992. The molecule has 146 valence electrons. The van der Waals surface area contributed by atoms with Gasteiger partial charge in [-0.25, -0.2) is 8.42 Å². The lowest BCUT2D eigenvalue weighted by Crippen LogP contribution is -2.26. The summed E-state index contributed by atoms with van der Waals surface area (Å²) in [5, 5.41) is 0.0111. The second-order valence-electron chi connectivity index (χ2n) is 5.77. The highest BCUT2D eigenvalue weighted by Crippen LogP contribution is 2.25. The minimum absolute atomic E-state index is 0.0111. The molecule has 5 nitrogen and oxygen atoms in total. The van der Waals surface area contributed by atoms with Crippen LogP contribution in [-0.2, 0) is 16.4 Å². The third-order valence-corrected chi connectivity index (χ3v) is 5.08. The summed E-state index contributed by atoms with van der Waals surface area (Å²) >= 11 is 5.86. The van der Waals surface area contributed by atoms with E-state index in [-0.39, 0.29) is 27.8 Å². The summed E-state index contributed by atoms with van der Waals surface area (Å²) in [5.74, 6) is -0.831. The fourth-order valence-electron chi connectivity index (χ4n) is 2.28. The van der Waals surface area contributed by atoms with E-state index in [1.165, 1.54) is 42.3 Å². The first-order valence-corrected chi connectivity index (χ1v) is 9.73. The van der Waals surface area contributed by atoms with Gasteiger partial charge in [0.2, 0.25) is 0 Å². The van der Waals surface area contributed by atoms with Crippen molar-refractivity contribution in [1.82, 2.24) is 4.90 Å². The summed E-state index contributed by atoms with van der Waals surface area (Å²) in [7, 11) is -2.12. The Morgan fingerprint density at radius 3 is 2.26 bits per heavy atom. The smallest absolute Gasteiger partial charge is 0.406 e. The van der Waals surface area contributed by atoms with Gasteiger partial charge in [-0.15, -0.1) is 13.2 Å². The van der Waals surface area contributed by atoms with Gasteiger partial charge in [-0.3, -0.25) is 4.79 Å². The van der Waals surface area contributed by atoms with E-state index in [1.807, 2.05) is 0 Å². The van der Waals surface area contributed by atoms with Gasteiger partial charge in [0.25, 0.3) is 5.91 Å². The lowest BCUT2D eigenvalue weighted by Gasteiger charge is -2.18. The Balaban J connectivity index is 2.14. The standard InChI is InChI=1S/C17H15ClF3NO4S/c1-22(10-11-3-6-13(7-4-11)26-17(19,20)21)16(23)12-5-8-14(18)15(9-12)27(2,24)25/h3-9H,10H2,1-2H3. The predicted molar refractivity (Wildman–Crippen MR) is 93.5 cm³/mol. The Bertz CT molecular complexity index is 944. The molecule has 10 heteroatoms. The number of carbonyl (C=O) groups excluding carboxylic acids is 1. The van der Waals surface area contributed by atoms with Crippen LogP contribution < -0.4 is 4.74 Å². The molecular weight excluding hydrogens is 407 g/mol. The molecule has 0 aliphatic rings. The minimum Gasteiger partial charge on any atom is -0.406 e. The normalized spacial score (nSPS) is 11.9. The number of halogens is 4. The summed E-state index contributed by atoms with van der Waals surface area (Å²) in [6, 6.07) is 8.99. The molecule has 0 aliphatic carbocycles. The number of alkyl halides is 3. The highest BCUT2D eigenvalue weighted by atomic mass is 35.5. The van der Waals surface area contributed by atoms with E-state index < -0.39 is 22.1 Å². The molecule has 1 amide bonds. The van der Waals surface area contributed by atoms with Crippen molar-refractivity contribution in [3.05, 3.63) is 58.6 Å². The number of rotatable bonds is 5. The molecule has 2 rings (SSSR count). The van der Waals surface area contributed by atoms with Crippen molar-refractivity contribution in [2.24, 2.45) is 0 Å². The summed E-state index contributed by atoms with van der Waals surface area (Å²) in [5.41, 5.74) is 0.692.